The van der Waals surface area contributed by atoms with Gasteiger partial charge in [0.1, 0.15) is 5.82 Å². The minimum Gasteiger partial charge on any atom is -0.465 e. The van der Waals surface area contributed by atoms with Crippen LogP contribution in [0.5, 0.6) is 0 Å². The zero-order chi connectivity index (χ0) is 15.4. The molecule has 0 aliphatic heterocycles. The third-order valence-electron chi connectivity index (χ3n) is 2.74. The Kier molecular flexibility index (Phi) is 4.70. The molecular weight excluding hydrogens is 341 g/mol. The number of nitrogens with one attached hydrogen (secondary N) is 1. The van der Waals surface area contributed by atoms with E-state index in [1.54, 1.807) is 18.2 Å². The van der Waals surface area contributed by atoms with Crippen molar-refractivity contribution in [2.45, 2.75) is 0 Å². The molecule has 0 aliphatic rings. The van der Waals surface area contributed by atoms with Gasteiger partial charge in [-0.1, -0.05) is 15.9 Å². The van der Waals surface area contributed by atoms with Gasteiger partial charge in [-0.15, -0.1) is 0 Å². The molecule has 0 fully saturated rings. The number of amides is 1. The summed E-state index contributed by atoms with van der Waals surface area (Å²) >= 11 is 3.25. The van der Waals surface area contributed by atoms with Crippen LogP contribution >= 0.6 is 15.9 Å². The number of hydrogen-bond acceptors (Lipinski definition) is 3. The molecule has 0 aliphatic carbocycles. The van der Waals surface area contributed by atoms with Crippen LogP contribution in [0, 0.1) is 5.82 Å². The van der Waals surface area contributed by atoms with Crippen LogP contribution in [-0.4, -0.2) is 19.0 Å². The summed E-state index contributed by atoms with van der Waals surface area (Å²) in [4.78, 5) is 23.8. The SMILES string of the molecule is COC(=O)c1cc(Br)ccc1NC(=O)c1ccc(F)cc1. The number of halogens is 2. The lowest BCUT2D eigenvalue weighted by Crippen LogP contribution is -2.15. The minimum absolute atomic E-state index is 0.224. The van der Waals surface area contributed by atoms with Gasteiger partial charge in [-0.3, -0.25) is 4.79 Å². The summed E-state index contributed by atoms with van der Waals surface area (Å²) in [5.74, 6) is -1.43. The van der Waals surface area contributed by atoms with Gasteiger partial charge in [0, 0.05) is 10.0 Å². The third kappa shape index (κ3) is 3.66. The van der Waals surface area contributed by atoms with E-state index in [2.05, 4.69) is 26.0 Å². The smallest absolute Gasteiger partial charge is 0.340 e. The molecule has 0 atom stereocenters. The zero-order valence-corrected chi connectivity index (χ0v) is 12.6. The van der Waals surface area contributed by atoms with Gasteiger partial charge < -0.3 is 10.1 Å². The second-order valence-electron chi connectivity index (χ2n) is 4.14. The van der Waals surface area contributed by atoms with Crippen LogP contribution in [0.3, 0.4) is 0 Å². The Morgan fingerprint density at radius 2 is 1.81 bits per heavy atom. The van der Waals surface area contributed by atoms with Gasteiger partial charge in [-0.05, 0) is 42.5 Å². The van der Waals surface area contributed by atoms with E-state index in [4.69, 9.17) is 0 Å². The minimum atomic E-state index is -0.564. The molecule has 0 saturated heterocycles. The number of carbonyl (C=O) groups is 2. The Balaban J connectivity index is 2.28. The lowest BCUT2D eigenvalue weighted by atomic mass is 10.1. The van der Waals surface area contributed by atoms with E-state index >= 15 is 0 Å². The molecule has 0 saturated carbocycles. The van der Waals surface area contributed by atoms with Crippen molar-refractivity contribution in [2.24, 2.45) is 0 Å². The number of anilines is 1. The molecule has 0 bridgehead atoms. The first-order valence-electron chi connectivity index (χ1n) is 5.96. The number of benzene rings is 2. The second kappa shape index (κ2) is 6.49. The van der Waals surface area contributed by atoms with Crippen LogP contribution in [0.1, 0.15) is 20.7 Å². The maximum absolute atomic E-state index is 12.8. The number of rotatable bonds is 3. The van der Waals surface area contributed by atoms with Crippen LogP contribution < -0.4 is 5.32 Å². The summed E-state index contributed by atoms with van der Waals surface area (Å²) < 4.78 is 18.2. The highest BCUT2D eigenvalue weighted by molar-refractivity contribution is 9.10. The highest BCUT2D eigenvalue weighted by atomic mass is 79.9. The first kappa shape index (κ1) is 15.2. The predicted octanol–water partition coefficient (Wildman–Crippen LogP) is 3.63. The van der Waals surface area contributed by atoms with Crippen LogP contribution in [0.15, 0.2) is 46.9 Å². The molecule has 21 heavy (non-hydrogen) atoms. The molecular formula is C15H11BrFNO3. The molecule has 1 N–H and O–H groups in total. The van der Waals surface area contributed by atoms with E-state index < -0.39 is 17.7 Å². The van der Waals surface area contributed by atoms with Gasteiger partial charge in [-0.2, -0.15) is 0 Å². The molecule has 0 radical (unpaired) electrons. The standard InChI is InChI=1S/C15H11BrFNO3/c1-21-15(20)12-8-10(16)4-7-13(12)18-14(19)9-2-5-11(17)6-3-9/h2-8H,1H3,(H,18,19). The Bertz CT molecular complexity index is 686. The molecule has 1 amide bonds. The average molecular weight is 352 g/mol. The van der Waals surface area contributed by atoms with Gasteiger partial charge in [-0.25, -0.2) is 9.18 Å². The monoisotopic (exact) mass is 351 g/mol. The van der Waals surface area contributed by atoms with E-state index in [1.807, 2.05) is 0 Å². The van der Waals surface area contributed by atoms with Crippen molar-refractivity contribution < 1.29 is 18.7 Å². The Morgan fingerprint density at radius 1 is 1.14 bits per heavy atom. The largest absolute Gasteiger partial charge is 0.465 e. The van der Waals surface area contributed by atoms with Crippen LogP contribution in [-0.2, 0) is 4.74 Å². The van der Waals surface area contributed by atoms with Crippen molar-refractivity contribution in [3.63, 3.8) is 0 Å². The van der Waals surface area contributed by atoms with Gasteiger partial charge in [0.2, 0.25) is 0 Å². The molecule has 4 nitrogen and oxygen atoms in total. The normalized spacial score (nSPS) is 10.0. The molecule has 108 valence electrons. The lowest BCUT2D eigenvalue weighted by molar-refractivity contribution is 0.0602. The number of hydrogen-bond donors (Lipinski definition) is 1. The molecule has 2 aromatic carbocycles. The summed E-state index contributed by atoms with van der Waals surface area (Å²) in [6.45, 7) is 0. The summed E-state index contributed by atoms with van der Waals surface area (Å²) in [6.07, 6.45) is 0. The zero-order valence-electron chi connectivity index (χ0n) is 11.0. The first-order valence-corrected chi connectivity index (χ1v) is 6.75. The summed E-state index contributed by atoms with van der Waals surface area (Å²) in [5, 5.41) is 2.61. The van der Waals surface area contributed by atoms with E-state index in [1.165, 1.54) is 31.4 Å². The summed E-state index contributed by atoms with van der Waals surface area (Å²) in [7, 11) is 1.26. The molecule has 0 unspecified atom stereocenters. The van der Waals surface area contributed by atoms with Crippen LogP contribution in [0.25, 0.3) is 0 Å². The Hall–Kier alpha value is -2.21. The number of methoxy groups -OCH3 is 1. The average Bonchev–Trinajstić information content (AvgIpc) is 2.48. The van der Waals surface area contributed by atoms with E-state index in [9.17, 15) is 14.0 Å². The molecule has 0 spiro atoms. The quantitative estimate of drug-likeness (QED) is 0.859. The Labute approximate surface area is 129 Å². The predicted molar refractivity (Wildman–Crippen MR) is 79.8 cm³/mol. The maximum atomic E-state index is 12.8. The van der Waals surface area contributed by atoms with Crippen molar-refractivity contribution in [1.29, 1.82) is 0 Å². The topological polar surface area (TPSA) is 55.4 Å². The van der Waals surface area contributed by atoms with E-state index in [0.29, 0.717) is 10.2 Å². The lowest BCUT2D eigenvalue weighted by Gasteiger charge is -2.10. The highest BCUT2D eigenvalue weighted by Crippen LogP contribution is 2.22. The number of ether oxygens (including phenoxy) is 1. The van der Waals surface area contributed by atoms with Gasteiger partial charge in [0.05, 0.1) is 18.4 Å². The Morgan fingerprint density at radius 3 is 2.43 bits per heavy atom. The van der Waals surface area contributed by atoms with Crippen molar-refractivity contribution in [3.05, 3.63) is 63.9 Å². The third-order valence-corrected chi connectivity index (χ3v) is 3.23. The van der Waals surface area contributed by atoms with Gasteiger partial charge in [0.25, 0.3) is 5.91 Å². The number of carbonyl (C=O) groups excluding carboxylic acids is 2. The van der Waals surface area contributed by atoms with Crippen molar-refractivity contribution in [3.8, 4) is 0 Å². The number of esters is 1. The molecule has 6 heteroatoms. The second-order valence-corrected chi connectivity index (χ2v) is 5.06. The van der Waals surface area contributed by atoms with Gasteiger partial charge >= 0.3 is 5.97 Å². The summed E-state index contributed by atoms with van der Waals surface area (Å²) in [6, 6.07) is 9.93. The van der Waals surface area contributed by atoms with Crippen molar-refractivity contribution in [2.75, 3.05) is 12.4 Å². The first-order chi connectivity index (χ1) is 10.0. The van der Waals surface area contributed by atoms with Gasteiger partial charge in [0.15, 0.2) is 0 Å². The van der Waals surface area contributed by atoms with Crippen LogP contribution in [0.4, 0.5) is 10.1 Å². The highest BCUT2D eigenvalue weighted by Gasteiger charge is 2.15. The fourth-order valence-corrected chi connectivity index (χ4v) is 2.06. The van der Waals surface area contributed by atoms with Crippen molar-refractivity contribution >= 4 is 33.5 Å². The maximum Gasteiger partial charge on any atom is 0.340 e. The molecule has 0 aromatic heterocycles. The fraction of sp³-hybridized carbons (Fsp3) is 0.0667. The van der Waals surface area contributed by atoms with E-state index in [0.717, 1.165) is 0 Å². The van der Waals surface area contributed by atoms with E-state index in [-0.39, 0.29) is 11.1 Å². The molecule has 2 rings (SSSR count). The van der Waals surface area contributed by atoms with Crippen molar-refractivity contribution in [1.82, 2.24) is 0 Å². The molecule has 0 heterocycles. The summed E-state index contributed by atoms with van der Waals surface area (Å²) in [5.41, 5.74) is 0.830. The van der Waals surface area contributed by atoms with Crippen LogP contribution in [0.2, 0.25) is 0 Å². The fourth-order valence-electron chi connectivity index (χ4n) is 1.70. The molecule has 2 aromatic rings.